The van der Waals surface area contributed by atoms with Crippen molar-refractivity contribution in [2.24, 2.45) is 5.41 Å². The summed E-state index contributed by atoms with van der Waals surface area (Å²) in [7, 11) is 0. The minimum atomic E-state index is -1.00. The van der Waals surface area contributed by atoms with Crippen LogP contribution in [0.5, 0.6) is 0 Å². The number of hydrogen-bond acceptors (Lipinski definition) is 7. The second-order valence-corrected chi connectivity index (χ2v) is 12.8. The maximum absolute atomic E-state index is 13.9. The summed E-state index contributed by atoms with van der Waals surface area (Å²) < 4.78 is 0. The number of nitrogens with zero attached hydrogens (tertiary/aromatic N) is 2. The molecule has 4 rings (SSSR count). The van der Waals surface area contributed by atoms with Crippen molar-refractivity contribution in [1.82, 2.24) is 25.8 Å². The van der Waals surface area contributed by atoms with Gasteiger partial charge in [0.1, 0.15) is 18.1 Å². The molecule has 4 atom stereocenters. The van der Waals surface area contributed by atoms with Crippen LogP contribution < -0.4 is 16.0 Å². The van der Waals surface area contributed by atoms with E-state index in [2.05, 4.69) is 20.9 Å². The van der Waals surface area contributed by atoms with Gasteiger partial charge in [0.2, 0.25) is 24.1 Å². The van der Waals surface area contributed by atoms with E-state index in [4.69, 9.17) is 0 Å². The van der Waals surface area contributed by atoms with Crippen molar-refractivity contribution >= 4 is 35.5 Å². The molecule has 3 unspecified atom stereocenters. The van der Waals surface area contributed by atoms with E-state index in [1.807, 2.05) is 87.8 Å². The van der Waals surface area contributed by atoms with Gasteiger partial charge in [0.25, 0.3) is 0 Å². The number of likely N-dealkylation sites (tertiary alicyclic amines) is 1. The van der Waals surface area contributed by atoms with Crippen LogP contribution in [-0.2, 0) is 32.1 Å². The van der Waals surface area contributed by atoms with Crippen LogP contribution >= 0.6 is 11.3 Å². The SMILES string of the molecule is Cc1ncsc1-c1ccc(CNC(=O)C2C[C@@H](O)CN2C(=O)C(NC(=O)C(Cc2ccccc2)NC=O)C(C)(C)C)cc1. The molecule has 4 N–H and O–H groups in total. The summed E-state index contributed by atoms with van der Waals surface area (Å²) >= 11 is 1.57. The third kappa shape index (κ3) is 8.05. The third-order valence-electron chi connectivity index (χ3n) is 7.56. The van der Waals surface area contributed by atoms with Gasteiger partial charge in [0, 0.05) is 25.9 Å². The molecule has 0 aliphatic carbocycles. The molecule has 0 radical (unpaired) electrons. The lowest BCUT2D eigenvalue weighted by molar-refractivity contribution is -0.144. The molecule has 11 heteroatoms. The normalized spacial score (nSPS) is 18.0. The first-order chi connectivity index (χ1) is 20.5. The summed E-state index contributed by atoms with van der Waals surface area (Å²) in [4.78, 5) is 58.6. The molecule has 1 aliphatic rings. The van der Waals surface area contributed by atoms with Gasteiger partial charge in [-0.1, -0.05) is 75.4 Å². The summed E-state index contributed by atoms with van der Waals surface area (Å²) in [6.07, 6.45) is -0.0726. The molecule has 1 aliphatic heterocycles. The first kappa shape index (κ1) is 31.8. The summed E-state index contributed by atoms with van der Waals surface area (Å²) in [5, 5.41) is 18.7. The maximum Gasteiger partial charge on any atom is 0.246 e. The molecule has 1 aromatic heterocycles. The van der Waals surface area contributed by atoms with Crippen molar-refractivity contribution in [3.05, 3.63) is 76.9 Å². The summed E-state index contributed by atoms with van der Waals surface area (Å²) in [6, 6.07) is 14.3. The van der Waals surface area contributed by atoms with Crippen LogP contribution in [0.25, 0.3) is 10.4 Å². The van der Waals surface area contributed by atoms with E-state index in [9.17, 15) is 24.3 Å². The van der Waals surface area contributed by atoms with E-state index >= 15 is 0 Å². The molecule has 4 amide bonds. The van der Waals surface area contributed by atoms with Crippen LogP contribution in [0, 0.1) is 12.3 Å². The Morgan fingerprint density at radius 3 is 2.40 bits per heavy atom. The molecule has 3 aromatic rings. The van der Waals surface area contributed by atoms with Gasteiger partial charge in [-0.15, -0.1) is 11.3 Å². The Bertz CT molecular complexity index is 1420. The average molecular weight is 606 g/mol. The van der Waals surface area contributed by atoms with Crippen molar-refractivity contribution in [2.75, 3.05) is 6.54 Å². The third-order valence-corrected chi connectivity index (χ3v) is 8.54. The lowest BCUT2D eigenvalue weighted by atomic mass is 9.85. The van der Waals surface area contributed by atoms with Crippen LogP contribution in [0.3, 0.4) is 0 Å². The zero-order valence-corrected chi connectivity index (χ0v) is 25.7. The fourth-order valence-electron chi connectivity index (χ4n) is 5.18. The smallest absolute Gasteiger partial charge is 0.246 e. The predicted molar refractivity (Wildman–Crippen MR) is 165 cm³/mol. The van der Waals surface area contributed by atoms with E-state index in [1.54, 1.807) is 11.3 Å². The molecule has 228 valence electrons. The van der Waals surface area contributed by atoms with Crippen molar-refractivity contribution < 1.29 is 24.3 Å². The molecule has 2 aromatic carbocycles. The van der Waals surface area contributed by atoms with E-state index in [-0.39, 0.29) is 31.8 Å². The first-order valence-electron chi connectivity index (χ1n) is 14.3. The average Bonchev–Trinajstić information content (AvgIpc) is 3.59. The number of aryl methyl sites for hydroxylation is 1. The number of thiazole rings is 1. The van der Waals surface area contributed by atoms with Crippen LogP contribution in [-0.4, -0.2) is 69.9 Å². The molecule has 0 saturated carbocycles. The summed E-state index contributed by atoms with van der Waals surface area (Å²) in [5.74, 6) is -1.36. The Morgan fingerprint density at radius 2 is 1.79 bits per heavy atom. The number of rotatable bonds is 11. The number of β-amino-alcohol motifs (C(OH)–C–C–N with tert-alkyl or cyclic N) is 1. The van der Waals surface area contributed by atoms with Crippen molar-refractivity contribution in [2.45, 2.75) is 71.3 Å². The van der Waals surface area contributed by atoms with Gasteiger partial charge in [-0.25, -0.2) is 4.98 Å². The number of aromatic nitrogens is 1. The Balaban J connectivity index is 1.43. The van der Waals surface area contributed by atoms with Crippen LogP contribution in [0.2, 0.25) is 0 Å². The molecular formula is C32H39N5O5S. The second kappa shape index (κ2) is 13.9. The lowest BCUT2D eigenvalue weighted by Crippen LogP contribution is -2.60. The van der Waals surface area contributed by atoms with E-state index < -0.39 is 41.5 Å². The standard InChI is InChI=1S/C32H39N5O5S/c1-20-27(43-19-35-20)23-12-10-22(11-13-23)16-33-30(41)26-15-24(39)17-37(26)31(42)28(32(2,3)4)36-29(40)25(34-18-38)14-21-8-6-5-7-9-21/h5-13,18-19,24-26,28,39H,14-17H2,1-4H3,(H,33,41)(H,34,38)(H,36,40)/t24-,25?,26?,28?/m1/s1. The van der Waals surface area contributed by atoms with Gasteiger partial charge >= 0.3 is 0 Å². The van der Waals surface area contributed by atoms with E-state index in [0.717, 1.165) is 27.3 Å². The minimum absolute atomic E-state index is 0.0255. The Labute approximate surface area is 255 Å². The number of carbonyl (C=O) groups excluding carboxylic acids is 4. The van der Waals surface area contributed by atoms with Crippen LogP contribution in [0.4, 0.5) is 0 Å². The van der Waals surface area contributed by atoms with Crippen LogP contribution in [0.15, 0.2) is 60.1 Å². The van der Waals surface area contributed by atoms with E-state index in [0.29, 0.717) is 6.41 Å². The number of benzene rings is 2. The van der Waals surface area contributed by atoms with Gasteiger partial charge in [-0.3, -0.25) is 19.2 Å². The van der Waals surface area contributed by atoms with Gasteiger partial charge in [-0.05, 0) is 29.0 Å². The van der Waals surface area contributed by atoms with Crippen molar-refractivity contribution in [3.63, 3.8) is 0 Å². The second-order valence-electron chi connectivity index (χ2n) is 11.9. The zero-order valence-electron chi connectivity index (χ0n) is 24.9. The highest BCUT2D eigenvalue weighted by Crippen LogP contribution is 2.28. The highest BCUT2D eigenvalue weighted by Gasteiger charge is 2.44. The number of aliphatic hydroxyl groups is 1. The Kier molecular flexibility index (Phi) is 10.3. The Morgan fingerprint density at radius 1 is 1.09 bits per heavy atom. The summed E-state index contributed by atoms with van der Waals surface area (Å²) in [6.45, 7) is 7.64. The molecule has 1 fully saturated rings. The number of hydrogen-bond donors (Lipinski definition) is 4. The number of carbonyl (C=O) groups is 4. The highest BCUT2D eigenvalue weighted by molar-refractivity contribution is 7.13. The largest absolute Gasteiger partial charge is 0.391 e. The molecule has 0 bridgehead atoms. The van der Waals surface area contributed by atoms with Crippen molar-refractivity contribution in [1.29, 1.82) is 0 Å². The molecule has 43 heavy (non-hydrogen) atoms. The summed E-state index contributed by atoms with van der Waals surface area (Å²) in [5.41, 5.74) is 4.84. The lowest BCUT2D eigenvalue weighted by Gasteiger charge is -2.36. The quantitative estimate of drug-likeness (QED) is 0.248. The highest BCUT2D eigenvalue weighted by atomic mass is 32.1. The van der Waals surface area contributed by atoms with Crippen LogP contribution in [0.1, 0.15) is 44.0 Å². The zero-order chi connectivity index (χ0) is 31.1. The van der Waals surface area contributed by atoms with Gasteiger partial charge < -0.3 is 26.0 Å². The van der Waals surface area contributed by atoms with Gasteiger partial charge in [-0.2, -0.15) is 0 Å². The molecule has 2 heterocycles. The number of amides is 4. The molecular weight excluding hydrogens is 566 g/mol. The maximum atomic E-state index is 13.9. The number of aliphatic hydroxyl groups excluding tert-OH is 1. The molecule has 0 spiro atoms. The topological polar surface area (TPSA) is 141 Å². The minimum Gasteiger partial charge on any atom is -0.391 e. The van der Waals surface area contributed by atoms with Gasteiger partial charge in [0.15, 0.2) is 0 Å². The molecule has 10 nitrogen and oxygen atoms in total. The van der Waals surface area contributed by atoms with E-state index in [1.165, 1.54) is 4.90 Å². The van der Waals surface area contributed by atoms with Crippen molar-refractivity contribution in [3.8, 4) is 10.4 Å². The molecule has 1 saturated heterocycles. The van der Waals surface area contributed by atoms with Gasteiger partial charge in [0.05, 0.1) is 22.2 Å². The Hall–Kier alpha value is -4.09. The fraction of sp³-hybridized carbons (Fsp3) is 0.406. The predicted octanol–water partition coefficient (Wildman–Crippen LogP) is 2.58. The first-order valence-corrected chi connectivity index (χ1v) is 15.2. The number of nitrogens with one attached hydrogen (secondary N) is 3. The fourth-order valence-corrected chi connectivity index (χ4v) is 5.99. The monoisotopic (exact) mass is 605 g/mol.